The molecule has 1 rings (SSSR count). The van der Waals surface area contributed by atoms with Gasteiger partial charge in [-0.05, 0) is 37.7 Å². The van der Waals surface area contributed by atoms with Gasteiger partial charge in [-0.1, -0.05) is 19.3 Å². The SMILES string of the molecule is CSCC[C@@H](N)C(=O)NCCCOC1CCCCC1. The maximum atomic E-state index is 11.6. The van der Waals surface area contributed by atoms with Gasteiger partial charge in [0.05, 0.1) is 12.1 Å². The molecule has 0 aliphatic heterocycles. The number of amides is 1. The third-order valence-electron chi connectivity index (χ3n) is 3.50. The molecule has 19 heavy (non-hydrogen) atoms. The molecule has 0 saturated heterocycles. The summed E-state index contributed by atoms with van der Waals surface area (Å²) in [6, 6.07) is -0.369. The van der Waals surface area contributed by atoms with Crippen molar-refractivity contribution in [1.82, 2.24) is 5.32 Å². The fourth-order valence-electron chi connectivity index (χ4n) is 2.27. The normalized spacial score (nSPS) is 18.2. The first-order valence-corrected chi connectivity index (χ1v) is 8.77. The Morgan fingerprint density at radius 3 is 2.84 bits per heavy atom. The van der Waals surface area contributed by atoms with Crippen LogP contribution in [0.25, 0.3) is 0 Å². The summed E-state index contributed by atoms with van der Waals surface area (Å²) in [5, 5.41) is 2.88. The number of thioether (sulfide) groups is 1. The molecule has 112 valence electrons. The van der Waals surface area contributed by atoms with Crippen LogP contribution in [0, 0.1) is 0 Å². The van der Waals surface area contributed by atoms with E-state index in [0.717, 1.165) is 25.2 Å². The fraction of sp³-hybridized carbons (Fsp3) is 0.929. The van der Waals surface area contributed by atoms with Crippen LogP contribution < -0.4 is 11.1 Å². The van der Waals surface area contributed by atoms with Gasteiger partial charge in [0.25, 0.3) is 0 Å². The number of carbonyl (C=O) groups excluding carboxylic acids is 1. The number of hydrogen-bond donors (Lipinski definition) is 2. The first-order chi connectivity index (χ1) is 9.24. The average molecular weight is 288 g/mol. The van der Waals surface area contributed by atoms with E-state index in [2.05, 4.69) is 5.32 Å². The van der Waals surface area contributed by atoms with Crippen molar-refractivity contribution in [3.05, 3.63) is 0 Å². The third kappa shape index (κ3) is 7.80. The molecule has 1 fully saturated rings. The molecule has 5 heteroatoms. The van der Waals surface area contributed by atoms with Gasteiger partial charge in [-0.25, -0.2) is 0 Å². The zero-order valence-corrected chi connectivity index (χ0v) is 12.8. The lowest BCUT2D eigenvalue weighted by Gasteiger charge is -2.22. The molecule has 0 aromatic heterocycles. The van der Waals surface area contributed by atoms with Crippen molar-refractivity contribution in [2.24, 2.45) is 5.73 Å². The van der Waals surface area contributed by atoms with Gasteiger partial charge in [0.2, 0.25) is 5.91 Å². The van der Waals surface area contributed by atoms with E-state index in [9.17, 15) is 4.79 Å². The minimum absolute atomic E-state index is 0.0354. The molecule has 4 nitrogen and oxygen atoms in total. The summed E-state index contributed by atoms with van der Waals surface area (Å²) in [4.78, 5) is 11.6. The van der Waals surface area contributed by atoms with Crippen molar-refractivity contribution in [3.8, 4) is 0 Å². The quantitative estimate of drug-likeness (QED) is 0.636. The molecule has 1 aliphatic rings. The summed E-state index contributed by atoms with van der Waals surface area (Å²) in [5.41, 5.74) is 5.78. The van der Waals surface area contributed by atoms with E-state index in [1.165, 1.54) is 32.1 Å². The number of hydrogen-bond acceptors (Lipinski definition) is 4. The molecule has 1 aliphatic carbocycles. The average Bonchev–Trinajstić information content (AvgIpc) is 2.45. The van der Waals surface area contributed by atoms with Crippen LogP contribution in [-0.2, 0) is 9.53 Å². The molecule has 0 bridgehead atoms. The number of carbonyl (C=O) groups is 1. The highest BCUT2D eigenvalue weighted by Crippen LogP contribution is 2.20. The molecule has 0 heterocycles. The Labute approximate surface area is 121 Å². The predicted molar refractivity (Wildman–Crippen MR) is 81.4 cm³/mol. The Balaban J connectivity index is 1.95. The summed E-state index contributed by atoms with van der Waals surface area (Å²) < 4.78 is 5.80. The van der Waals surface area contributed by atoms with E-state index in [0.29, 0.717) is 12.6 Å². The highest BCUT2D eigenvalue weighted by atomic mass is 32.2. The molecular formula is C14H28N2O2S. The zero-order chi connectivity index (χ0) is 13.9. The second-order valence-corrected chi connectivity index (χ2v) is 6.15. The van der Waals surface area contributed by atoms with E-state index < -0.39 is 0 Å². The Bertz CT molecular complexity index is 246. The van der Waals surface area contributed by atoms with Crippen molar-refractivity contribution in [2.75, 3.05) is 25.2 Å². The van der Waals surface area contributed by atoms with Crippen molar-refractivity contribution in [3.63, 3.8) is 0 Å². The number of ether oxygens (including phenoxy) is 1. The maximum absolute atomic E-state index is 11.6. The van der Waals surface area contributed by atoms with Gasteiger partial charge in [0, 0.05) is 13.2 Å². The van der Waals surface area contributed by atoms with Crippen LogP contribution in [0.5, 0.6) is 0 Å². The van der Waals surface area contributed by atoms with Crippen LogP contribution in [0.2, 0.25) is 0 Å². The Morgan fingerprint density at radius 2 is 2.16 bits per heavy atom. The van der Waals surface area contributed by atoms with Gasteiger partial charge < -0.3 is 15.8 Å². The Hall–Kier alpha value is -0.260. The largest absolute Gasteiger partial charge is 0.378 e. The molecule has 0 radical (unpaired) electrons. The lowest BCUT2D eigenvalue weighted by molar-refractivity contribution is -0.122. The fourth-order valence-corrected chi connectivity index (χ4v) is 2.76. The van der Waals surface area contributed by atoms with Crippen molar-refractivity contribution in [1.29, 1.82) is 0 Å². The lowest BCUT2D eigenvalue weighted by atomic mass is 9.98. The number of rotatable bonds is 9. The van der Waals surface area contributed by atoms with E-state index in [-0.39, 0.29) is 11.9 Å². The summed E-state index contributed by atoms with van der Waals surface area (Å²) in [6.07, 6.45) is 10.4. The van der Waals surface area contributed by atoms with Gasteiger partial charge in [-0.2, -0.15) is 11.8 Å². The second-order valence-electron chi connectivity index (χ2n) is 5.16. The van der Waals surface area contributed by atoms with E-state index in [1.54, 1.807) is 11.8 Å². The van der Waals surface area contributed by atoms with Crippen LogP contribution in [0.3, 0.4) is 0 Å². The Morgan fingerprint density at radius 1 is 1.42 bits per heavy atom. The first-order valence-electron chi connectivity index (χ1n) is 7.38. The highest BCUT2D eigenvalue weighted by molar-refractivity contribution is 7.98. The van der Waals surface area contributed by atoms with Gasteiger partial charge in [0.1, 0.15) is 0 Å². The lowest BCUT2D eigenvalue weighted by Crippen LogP contribution is -2.41. The monoisotopic (exact) mass is 288 g/mol. The van der Waals surface area contributed by atoms with Gasteiger partial charge >= 0.3 is 0 Å². The second kappa shape index (κ2) is 10.5. The molecule has 0 spiro atoms. The summed E-state index contributed by atoms with van der Waals surface area (Å²) in [5.74, 6) is 0.894. The number of nitrogens with one attached hydrogen (secondary N) is 1. The molecule has 0 unspecified atom stereocenters. The van der Waals surface area contributed by atoms with Crippen LogP contribution in [-0.4, -0.2) is 43.2 Å². The van der Waals surface area contributed by atoms with Crippen molar-refractivity contribution < 1.29 is 9.53 Å². The third-order valence-corrected chi connectivity index (χ3v) is 4.14. The van der Waals surface area contributed by atoms with Crippen LogP contribution in [0.15, 0.2) is 0 Å². The van der Waals surface area contributed by atoms with Crippen molar-refractivity contribution in [2.45, 2.75) is 57.1 Å². The smallest absolute Gasteiger partial charge is 0.236 e. The minimum atomic E-state index is -0.369. The molecule has 3 N–H and O–H groups in total. The van der Waals surface area contributed by atoms with Crippen LogP contribution >= 0.6 is 11.8 Å². The van der Waals surface area contributed by atoms with Crippen molar-refractivity contribution >= 4 is 17.7 Å². The molecule has 1 atom stereocenters. The maximum Gasteiger partial charge on any atom is 0.236 e. The van der Waals surface area contributed by atoms with Gasteiger partial charge in [-0.15, -0.1) is 0 Å². The van der Waals surface area contributed by atoms with Crippen LogP contribution in [0.4, 0.5) is 0 Å². The van der Waals surface area contributed by atoms with E-state index >= 15 is 0 Å². The standard InChI is InChI=1S/C14H28N2O2S/c1-19-11-8-13(15)14(17)16-9-5-10-18-12-6-3-2-4-7-12/h12-13H,2-11,15H2,1H3,(H,16,17)/t13-/m1/s1. The molecule has 1 amide bonds. The number of nitrogens with two attached hydrogens (primary N) is 1. The highest BCUT2D eigenvalue weighted by Gasteiger charge is 2.14. The van der Waals surface area contributed by atoms with Crippen LogP contribution in [0.1, 0.15) is 44.9 Å². The zero-order valence-electron chi connectivity index (χ0n) is 12.0. The predicted octanol–water partition coefficient (Wildman–Crippen LogP) is 1.92. The molecule has 1 saturated carbocycles. The summed E-state index contributed by atoms with van der Waals surface area (Å²) in [6.45, 7) is 1.41. The molecule has 0 aromatic rings. The summed E-state index contributed by atoms with van der Waals surface area (Å²) in [7, 11) is 0. The first kappa shape index (κ1) is 16.8. The van der Waals surface area contributed by atoms with Gasteiger partial charge in [0.15, 0.2) is 0 Å². The molecule has 0 aromatic carbocycles. The van der Waals surface area contributed by atoms with E-state index in [4.69, 9.17) is 10.5 Å². The topological polar surface area (TPSA) is 64.4 Å². The minimum Gasteiger partial charge on any atom is -0.378 e. The van der Waals surface area contributed by atoms with E-state index in [1.807, 2.05) is 6.26 Å². The Kier molecular flexibility index (Phi) is 9.30. The molecular weight excluding hydrogens is 260 g/mol. The summed E-state index contributed by atoms with van der Waals surface area (Å²) >= 11 is 1.72. The van der Waals surface area contributed by atoms with Gasteiger partial charge in [-0.3, -0.25) is 4.79 Å².